The van der Waals surface area contributed by atoms with Crippen LogP contribution in [0, 0.1) is 0 Å². The number of hydrogen-bond donors (Lipinski definition) is 1. The summed E-state index contributed by atoms with van der Waals surface area (Å²) in [7, 11) is 0. The summed E-state index contributed by atoms with van der Waals surface area (Å²) < 4.78 is 4.56. The van der Waals surface area contributed by atoms with Crippen LogP contribution in [0.1, 0.15) is 0 Å². The molecule has 0 bridgehead atoms. The van der Waals surface area contributed by atoms with Crippen molar-refractivity contribution < 1.29 is 4.79 Å². The number of benzene rings is 1. The Hall–Kier alpha value is -1.16. The molecule has 0 atom stereocenters. The first-order valence-corrected chi connectivity index (χ1v) is 3.95. The van der Waals surface area contributed by atoms with Crippen LogP contribution >= 0.6 is 12.1 Å². The van der Waals surface area contributed by atoms with E-state index < -0.39 is 0 Å². The van der Waals surface area contributed by atoms with Crippen molar-refractivity contribution in [2.24, 2.45) is 0 Å². The van der Waals surface area contributed by atoms with E-state index in [2.05, 4.69) is 4.72 Å². The molecule has 0 radical (unpaired) electrons. The normalized spacial score (nSPS) is 14.0. The lowest BCUT2D eigenvalue weighted by molar-refractivity contribution is -0.106. The molecule has 3 nitrogen and oxygen atoms in total. The molecule has 4 heteroatoms. The highest BCUT2D eigenvalue weighted by Gasteiger charge is 2.17. The van der Waals surface area contributed by atoms with Gasteiger partial charge in [-0.1, -0.05) is 12.1 Å². The molecular weight excluding hydrogens is 160 g/mol. The summed E-state index contributed by atoms with van der Waals surface area (Å²) in [4.78, 5) is 10.4. The van der Waals surface area contributed by atoms with Gasteiger partial charge in [0.1, 0.15) is 0 Å². The minimum Gasteiger partial charge on any atom is -0.310 e. The number of carbonyl (C=O) groups excluding carboxylic acids is 1. The lowest BCUT2D eigenvalue weighted by Crippen LogP contribution is -2.06. The molecule has 0 saturated heterocycles. The van der Waals surface area contributed by atoms with Gasteiger partial charge >= 0.3 is 0 Å². The molecule has 0 aliphatic carbocycles. The fourth-order valence-corrected chi connectivity index (χ4v) is 1.65. The van der Waals surface area contributed by atoms with Crippen molar-refractivity contribution in [2.45, 2.75) is 0 Å². The summed E-state index contributed by atoms with van der Waals surface area (Å²) >= 11 is 1.29. The molecule has 1 aromatic carbocycles. The van der Waals surface area contributed by atoms with Crippen LogP contribution in [0.3, 0.4) is 0 Å². The molecule has 0 unspecified atom stereocenters. The fraction of sp³-hybridized carbons (Fsp3) is 0. The van der Waals surface area contributed by atoms with Crippen LogP contribution in [0.25, 0.3) is 0 Å². The molecule has 0 aromatic heterocycles. The summed E-state index contributed by atoms with van der Waals surface area (Å²) in [6.45, 7) is 0. The molecule has 1 heterocycles. The summed E-state index contributed by atoms with van der Waals surface area (Å²) in [5.74, 6) is 0. The first-order chi connectivity index (χ1) is 5.42. The molecule has 1 aromatic rings. The minimum atomic E-state index is 0.795. The summed E-state index contributed by atoms with van der Waals surface area (Å²) in [6, 6.07) is 7.67. The Bertz CT molecular complexity index is 290. The Labute approximate surface area is 68.7 Å². The van der Waals surface area contributed by atoms with E-state index in [4.69, 9.17) is 0 Å². The quantitative estimate of drug-likeness (QED) is 0.508. The molecule has 1 aliphatic heterocycles. The molecular formula is C7H6N2OS. The summed E-state index contributed by atoms with van der Waals surface area (Å²) in [5, 5.41) is 0. The van der Waals surface area contributed by atoms with Crippen molar-refractivity contribution in [3.8, 4) is 0 Å². The van der Waals surface area contributed by atoms with Gasteiger partial charge in [0, 0.05) is 0 Å². The van der Waals surface area contributed by atoms with E-state index in [-0.39, 0.29) is 0 Å². The molecule has 1 N–H and O–H groups in total. The van der Waals surface area contributed by atoms with Gasteiger partial charge in [-0.3, -0.25) is 4.79 Å². The maximum atomic E-state index is 10.4. The Kier molecular flexibility index (Phi) is 1.47. The van der Waals surface area contributed by atoms with Crippen LogP contribution in [0.2, 0.25) is 0 Å². The van der Waals surface area contributed by atoms with E-state index in [9.17, 15) is 4.79 Å². The van der Waals surface area contributed by atoms with Crippen LogP contribution in [0.4, 0.5) is 11.4 Å². The average Bonchev–Trinajstić information content (AvgIpc) is 2.47. The van der Waals surface area contributed by atoms with Gasteiger partial charge in [0.15, 0.2) is 0 Å². The number of nitrogens with one attached hydrogen (secondary N) is 1. The Morgan fingerprint density at radius 2 is 2.27 bits per heavy atom. The van der Waals surface area contributed by atoms with Crippen LogP contribution < -0.4 is 9.03 Å². The molecule has 2 rings (SSSR count). The standard InChI is InChI=1S/C7H6N2OS/c10-5-9-7-4-2-1-3-6(7)8-11-9/h1-5,8H. The van der Waals surface area contributed by atoms with Crippen molar-refractivity contribution in [2.75, 3.05) is 9.03 Å². The van der Waals surface area contributed by atoms with Crippen molar-refractivity contribution in [3.05, 3.63) is 24.3 Å². The number of carbonyl (C=O) groups is 1. The van der Waals surface area contributed by atoms with E-state index in [1.165, 1.54) is 12.1 Å². The molecule has 0 saturated carbocycles. The van der Waals surface area contributed by atoms with Crippen molar-refractivity contribution in [1.29, 1.82) is 0 Å². The third kappa shape index (κ3) is 0.952. The number of hydrogen-bond acceptors (Lipinski definition) is 3. The second kappa shape index (κ2) is 2.47. The van der Waals surface area contributed by atoms with Gasteiger partial charge in [0.05, 0.1) is 23.5 Å². The smallest absolute Gasteiger partial charge is 0.225 e. The van der Waals surface area contributed by atoms with Gasteiger partial charge in [-0.05, 0) is 12.1 Å². The highest BCUT2D eigenvalue weighted by atomic mass is 32.2. The predicted molar refractivity (Wildman–Crippen MR) is 46.2 cm³/mol. The topological polar surface area (TPSA) is 32.3 Å². The SMILES string of the molecule is O=CN1SNc2ccccc21. The number of nitrogens with zero attached hydrogens (tertiary/aromatic N) is 1. The first-order valence-electron chi connectivity index (χ1n) is 3.18. The van der Waals surface area contributed by atoms with Crippen molar-refractivity contribution in [1.82, 2.24) is 0 Å². The zero-order chi connectivity index (χ0) is 7.68. The number of amides is 1. The van der Waals surface area contributed by atoms with Crippen LogP contribution in [-0.4, -0.2) is 6.41 Å². The van der Waals surface area contributed by atoms with Gasteiger partial charge in [-0.15, -0.1) is 0 Å². The van der Waals surface area contributed by atoms with Crippen molar-refractivity contribution >= 4 is 29.9 Å². The second-order valence-electron chi connectivity index (χ2n) is 2.14. The molecule has 56 valence electrons. The largest absolute Gasteiger partial charge is 0.310 e. The van der Waals surface area contributed by atoms with Gasteiger partial charge in [0.2, 0.25) is 6.41 Å². The lowest BCUT2D eigenvalue weighted by atomic mass is 10.3. The highest BCUT2D eigenvalue weighted by molar-refractivity contribution is 8.03. The van der Waals surface area contributed by atoms with E-state index >= 15 is 0 Å². The third-order valence-electron chi connectivity index (χ3n) is 1.49. The van der Waals surface area contributed by atoms with E-state index in [1.54, 1.807) is 4.31 Å². The molecule has 1 amide bonds. The van der Waals surface area contributed by atoms with E-state index in [1.807, 2.05) is 24.3 Å². The maximum Gasteiger partial charge on any atom is 0.225 e. The van der Waals surface area contributed by atoms with Gasteiger partial charge in [-0.25, -0.2) is 4.31 Å². The van der Waals surface area contributed by atoms with Crippen LogP contribution in [-0.2, 0) is 4.79 Å². The monoisotopic (exact) mass is 166 g/mol. The third-order valence-corrected chi connectivity index (χ3v) is 2.28. The van der Waals surface area contributed by atoms with E-state index in [0.29, 0.717) is 0 Å². The van der Waals surface area contributed by atoms with Crippen LogP contribution in [0.5, 0.6) is 0 Å². The Morgan fingerprint density at radius 3 is 3.09 bits per heavy atom. The zero-order valence-corrected chi connectivity index (χ0v) is 6.47. The summed E-state index contributed by atoms with van der Waals surface area (Å²) in [5.41, 5.74) is 1.91. The lowest BCUT2D eigenvalue weighted by Gasteiger charge is -2.03. The number of anilines is 2. The molecule has 0 fully saturated rings. The Morgan fingerprint density at radius 1 is 1.45 bits per heavy atom. The predicted octanol–water partition coefficient (Wildman–Crippen LogP) is 1.64. The van der Waals surface area contributed by atoms with Gasteiger partial charge in [0.25, 0.3) is 0 Å². The number of para-hydroxylation sites is 2. The van der Waals surface area contributed by atoms with E-state index in [0.717, 1.165) is 17.8 Å². The second-order valence-corrected chi connectivity index (χ2v) is 2.92. The Balaban J connectivity index is 2.46. The number of fused-ring (bicyclic) bond motifs is 1. The maximum absolute atomic E-state index is 10.4. The molecule has 0 spiro atoms. The van der Waals surface area contributed by atoms with Crippen molar-refractivity contribution in [3.63, 3.8) is 0 Å². The van der Waals surface area contributed by atoms with Gasteiger partial charge in [-0.2, -0.15) is 0 Å². The molecule has 11 heavy (non-hydrogen) atoms. The fourth-order valence-electron chi connectivity index (χ4n) is 0.978. The average molecular weight is 166 g/mol. The van der Waals surface area contributed by atoms with Crippen LogP contribution in [0.15, 0.2) is 24.3 Å². The minimum absolute atomic E-state index is 0.795. The molecule has 1 aliphatic rings. The zero-order valence-electron chi connectivity index (χ0n) is 5.65. The summed E-state index contributed by atoms with van der Waals surface area (Å²) in [6.07, 6.45) is 0.795. The van der Waals surface area contributed by atoms with Gasteiger partial charge < -0.3 is 4.72 Å². The highest BCUT2D eigenvalue weighted by Crippen LogP contribution is 2.36. The number of rotatable bonds is 1. The first kappa shape index (κ1) is 6.54.